The molecule has 0 aliphatic carbocycles. The molecule has 1 heterocycles. The van der Waals surface area contributed by atoms with Gasteiger partial charge in [0.25, 0.3) is 5.69 Å². The van der Waals surface area contributed by atoms with Crippen molar-refractivity contribution in [3.8, 4) is 5.75 Å². The zero-order chi connectivity index (χ0) is 24.6. The summed E-state index contributed by atoms with van der Waals surface area (Å²) in [5, 5.41) is 10.9. The number of nitro groups is 1. The van der Waals surface area contributed by atoms with E-state index in [9.17, 15) is 31.7 Å². The molecule has 0 bridgehead atoms. The van der Waals surface area contributed by atoms with Gasteiger partial charge in [0.05, 0.1) is 20.9 Å². The summed E-state index contributed by atoms with van der Waals surface area (Å²) in [6.45, 7) is 2.02. The first-order chi connectivity index (χ1) is 15.4. The minimum Gasteiger partial charge on any atom is -0.485 e. The number of aromatic nitrogens is 2. The fourth-order valence-electron chi connectivity index (χ4n) is 3.24. The molecule has 0 spiro atoms. The van der Waals surface area contributed by atoms with Crippen molar-refractivity contribution in [1.29, 1.82) is 0 Å². The lowest BCUT2D eigenvalue weighted by atomic mass is 10.1. The van der Waals surface area contributed by atoms with Crippen LogP contribution in [-0.2, 0) is 29.4 Å². The highest BCUT2D eigenvalue weighted by Gasteiger charge is 2.36. The normalized spacial score (nSPS) is 12.5. The molecule has 0 radical (unpaired) electrons. The van der Waals surface area contributed by atoms with Crippen LogP contribution in [0, 0.1) is 10.1 Å². The zero-order valence-electron chi connectivity index (χ0n) is 18.0. The average molecular weight is 486 g/mol. The molecular formula is C20H21F3N4O5S. The summed E-state index contributed by atoms with van der Waals surface area (Å²) in [5.74, 6) is -0.281. The SMILES string of the molecule is CCCn1c(COc2ccc([N+](=O)[O-])cc2C(F)(F)F)nc2cc(S(=O)(=O)N(C)C)ccc21. The largest absolute Gasteiger partial charge is 0.485 e. The third kappa shape index (κ3) is 4.93. The van der Waals surface area contributed by atoms with Crippen LogP contribution in [0.25, 0.3) is 11.0 Å². The molecule has 0 amide bonds. The average Bonchev–Trinajstić information content (AvgIpc) is 3.08. The Hall–Kier alpha value is -3.19. The number of benzene rings is 2. The van der Waals surface area contributed by atoms with Crippen molar-refractivity contribution in [3.63, 3.8) is 0 Å². The van der Waals surface area contributed by atoms with Crippen LogP contribution in [0.4, 0.5) is 18.9 Å². The van der Waals surface area contributed by atoms with Gasteiger partial charge >= 0.3 is 6.18 Å². The number of nitrogens with zero attached hydrogens (tertiary/aromatic N) is 4. The van der Waals surface area contributed by atoms with E-state index < -0.39 is 38.1 Å². The maximum absolute atomic E-state index is 13.4. The lowest BCUT2D eigenvalue weighted by Crippen LogP contribution is -2.22. The molecule has 0 saturated heterocycles. The van der Waals surface area contributed by atoms with Gasteiger partial charge < -0.3 is 9.30 Å². The smallest absolute Gasteiger partial charge is 0.420 e. The van der Waals surface area contributed by atoms with Gasteiger partial charge in [-0.2, -0.15) is 13.2 Å². The number of hydrogen-bond acceptors (Lipinski definition) is 6. The van der Waals surface area contributed by atoms with E-state index >= 15 is 0 Å². The van der Waals surface area contributed by atoms with Crippen molar-refractivity contribution >= 4 is 26.7 Å². The van der Waals surface area contributed by atoms with Crippen molar-refractivity contribution in [3.05, 3.63) is 57.9 Å². The summed E-state index contributed by atoms with van der Waals surface area (Å²) in [6.07, 6.45) is -4.18. The molecule has 2 aromatic carbocycles. The molecule has 0 aliphatic rings. The van der Waals surface area contributed by atoms with Gasteiger partial charge in [0.15, 0.2) is 0 Å². The number of fused-ring (bicyclic) bond motifs is 1. The third-order valence-electron chi connectivity index (χ3n) is 4.86. The molecule has 0 atom stereocenters. The Morgan fingerprint density at radius 2 is 1.88 bits per heavy atom. The molecule has 9 nitrogen and oxygen atoms in total. The Bertz CT molecular complexity index is 1300. The van der Waals surface area contributed by atoms with Crippen LogP contribution in [0.15, 0.2) is 41.3 Å². The standard InChI is InChI=1S/C20H21F3N4O5S/c1-4-9-26-17-7-6-14(33(30,31)25(2)3)11-16(17)24-19(26)12-32-18-8-5-13(27(28)29)10-15(18)20(21,22)23/h5-8,10-11H,4,9,12H2,1-3H3. The molecule has 0 fully saturated rings. The Morgan fingerprint density at radius 3 is 2.45 bits per heavy atom. The van der Waals surface area contributed by atoms with Crippen LogP contribution >= 0.6 is 0 Å². The van der Waals surface area contributed by atoms with Crippen LogP contribution in [0.3, 0.4) is 0 Å². The number of rotatable bonds is 8. The summed E-state index contributed by atoms with van der Waals surface area (Å²) in [6, 6.07) is 6.67. The fraction of sp³-hybridized carbons (Fsp3) is 0.350. The Morgan fingerprint density at radius 1 is 1.18 bits per heavy atom. The second kappa shape index (κ2) is 8.98. The lowest BCUT2D eigenvalue weighted by Gasteiger charge is -2.14. The summed E-state index contributed by atoms with van der Waals surface area (Å²) in [7, 11) is -0.900. The van der Waals surface area contributed by atoms with E-state index in [4.69, 9.17) is 4.74 Å². The van der Waals surface area contributed by atoms with Crippen LogP contribution in [0.2, 0.25) is 0 Å². The number of hydrogen-bond donors (Lipinski definition) is 0. The highest BCUT2D eigenvalue weighted by molar-refractivity contribution is 7.89. The highest BCUT2D eigenvalue weighted by Crippen LogP contribution is 2.38. The monoisotopic (exact) mass is 486 g/mol. The molecule has 178 valence electrons. The van der Waals surface area contributed by atoms with E-state index in [2.05, 4.69) is 4.98 Å². The second-order valence-corrected chi connectivity index (χ2v) is 9.49. The summed E-state index contributed by atoms with van der Waals surface area (Å²) in [5.41, 5.74) is -1.02. The van der Waals surface area contributed by atoms with E-state index in [-0.39, 0.29) is 17.3 Å². The zero-order valence-corrected chi connectivity index (χ0v) is 18.8. The molecule has 0 saturated carbocycles. The molecule has 0 N–H and O–H groups in total. The van der Waals surface area contributed by atoms with Crippen molar-refractivity contribution < 1.29 is 31.2 Å². The predicted octanol–water partition coefficient (Wildman–Crippen LogP) is 4.20. The summed E-state index contributed by atoms with van der Waals surface area (Å²) < 4.78 is 73.3. The molecule has 33 heavy (non-hydrogen) atoms. The van der Waals surface area contributed by atoms with Crippen molar-refractivity contribution in [2.75, 3.05) is 14.1 Å². The third-order valence-corrected chi connectivity index (χ3v) is 6.67. The predicted molar refractivity (Wildman–Crippen MR) is 113 cm³/mol. The number of aryl methyl sites for hydroxylation is 1. The molecular weight excluding hydrogens is 465 g/mol. The summed E-state index contributed by atoms with van der Waals surface area (Å²) >= 11 is 0. The maximum Gasteiger partial charge on any atom is 0.420 e. The Labute approximate surface area is 187 Å². The quantitative estimate of drug-likeness (QED) is 0.349. The first kappa shape index (κ1) is 24.5. The van der Waals surface area contributed by atoms with E-state index in [0.717, 1.165) is 16.4 Å². The first-order valence-corrected chi connectivity index (χ1v) is 11.2. The van der Waals surface area contributed by atoms with Gasteiger partial charge in [0.1, 0.15) is 23.7 Å². The number of halogens is 3. The number of alkyl halides is 3. The van der Waals surface area contributed by atoms with Crippen LogP contribution < -0.4 is 4.74 Å². The Balaban J connectivity index is 2.01. The van der Waals surface area contributed by atoms with Crippen LogP contribution in [0.5, 0.6) is 5.75 Å². The van der Waals surface area contributed by atoms with Gasteiger partial charge in [-0.05, 0) is 30.7 Å². The van der Waals surface area contributed by atoms with Gasteiger partial charge in [0, 0.05) is 32.8 Å². The highest BCUT2D eigenvalue weighted by atomic mass is 32.2. The lowest BCUT2D eigenvalue weighted by molar-refractivity contribution is -0.385. The van der Waals surface area contributed by atoms with Crippen LogP contribution in [0.1, 0.15) is 24.7 Å². The second-order valence-electron chi connectivity index (χ2n) is 7.34. The van der Waals surface area contributed by atoms with Crippen molar-refractivity contribution in [2.45, 2.75) is 37.6 Å². The fourth-order valence-corrected chi connectivity index (χ4v) is 4.16. The van der Waals surface area contributed by atoms with Gasteiger partial charge in [-0.1, -0.05) is 6.92 Å². The molecule has 3 aromatic rings. The maximum atomic E-state index is 13.4. The molecule has 0 aliphatic heterocycles. The van der Waals surface area contributed by atoms with Gasteiger partial charge in [0.2, 0.25) is 10.0 Å². The molecule has 3 rings (SSSR count). The number of imidazole rings is 1. The van der Waals surface area contributed by atoms with E-state index in [0.29, 0.717) is 30.1 Å². The van der Waals surface area contributed by atoms with Crippen LogP contribution in [-0.4, -0.2) is 41.3 Å². The molecule has 1 aromatic heterocycles. The van der Waals surface area contributed by atoms with E-state index in [1.165, 1.54) is 26.2 Å². The van der Waals surface area contributed by atoms with E-state index in [1.54, 1.807) is 10.6 Å². The minimum absolute atomic E-state index is 0.0309. The molecule has 0 unspecified atom stereocenters. The number of nitro benzene ring substituents is 1. The van der Waals surface area contributed by atoms with Gasteiger partial charge in [-0.15, -0.1) is 0 Å². The van der Waals surface area contributed by atoms with Crippen molar-refractivity contribution in [1.82, 2.24) is 13.9 Å². The Kier molecular flexibility index (Phi) is 6.65. The topological polar surface area (TPSA) is 108 Å². The number of sulfonamides is 1. The van der Waals surface area contributed by atoms with Crippen molar-refractivity contribution in [2.24, 2.45) is 0 Å². The minimum atomic E-state index is -4.86. The first-order valence-electron chi connectivity index (χ1n) is 9.76. The number of ether oxygens (including phenoxy) is 1. The number of non-ortho nitro benzene ring substituents is 1. The van der Waals surface area contributed by atoms with E-state index in [1.807, 2.05) is 6.92 Å². The van der Waals surface area contributed by atoms with Gasteiger partial charge in [-0.3, -0.25) is 10.1 Å². The molecule has 13 heteroatoms. The van der Waals surface area contributed by atoms with Gasteiger partial charge in [-0.25, -0.2) is 17.7 Å². The summed E-state index contributed by atoms with van der Waals surface area (Å²) in [4.78, 5) is 14.4.